The number of aromatic amines is 1. The Hall–Kier alpha value is -4.00. The van der Waals surface area contributed by atoms with Crippen molar-refractivity contribution in [3.63, 3.8) is 0 Å². The van der Waals surface area contributed by atoms with Gasteiger partial charge in [0.15, 0.2) is 0 Å². The number of rotatable bonds is 6. The molecule has 228 valence electrons. The van der Waals surface area contributed by atoms with Gasteiger partial charge in [-0.25, -0.2) is 4.39 Å². The Labute approximate surface area is 268 Å². The minimum Gasteiger partial charge on any atom is -0.489 e. The summed E-state index contributed by atoms with van der Waals surface area (Å²) in [4.78, 5) is 56.6. The van der Waals surface area contributed by atoms with E-state index in [-0.39, 0.29) is 52.0 Å². The van der Waals surface area contributed by atoms with Gasteiger partial charge in [0.2, 0.25) is 11.8 Å². The largest absolute Gasteiger partial charge is 0.489 e. The van der Waals surface area contributed by atoms with Crippen molar-refractivity contribution in [2.75, 3.05) is 4.90 Å². The van der Waals surface area contributed by atoms with E-state index in [0.29, 0.717) is 33.5 Å². The summed E-state index contributed by atoms with van der Waals surface area (Å²) in [7, 11) is 0. The number of aromatic nitrogens is 1. The van der Waals surface area contributed by atoms with Gasteiger partial charge in [-0.1, -0.05) is 35.1 Å². The molecule has 2 bridgehead atoms. The minimum absolute atomic E-state index is 0.116. The molecule has 0 radical (unpaired) electrons. The predicted molar refractivity (Wildman–Crippen MR) is 166 cm³/mol. The van der Waals surface area contributed by atoms with Gasteiger partial charge in [-0.3, -0.25) is 29.4 Å². The van der Waals surface area contributed by atoms with Crippen LogP contribution in [0.4, 0.5) is 15.8 Å². The highest BCUT2D eigenvalue weighted by atomic mass is 35.5. The molecule has 5 unspecified atom stereocenters. The van der Waals surface area contributed by atoms with Gasteiger partial charge in [-0.05, 0) is 72.2 Å². The molecule has 3 aromatic carbocycles. The van der Waals surface area contributed by atoms with E-state index in [4.69, 9.17) is 16.3 Å². The lowest BCUT2D eigenvalue weighted by molar-refractivity contribution is -0.385. The molecular formula is C32H23ClFN3O6S2. The van der Waals surface area contributed by atoms with E-state index < -0.39 is 28.5 Å². The second-order valence-electron chi connectivity index (χ2n) is 11.8. The Balaban J connectivity index is 1.22. The fourth-order valence-electron chi connectivity index (χ4n) is 8.02. The van der Waals surface area contributed by atoms with Gasteiger partial charge >= 0.3 is 4.87 Å². The first-order chi connectivity index (χ1) is 21.7. The fourth-order valence-corrected chi connectivity index (χ4v) is 11.1. The number of nitro groups is 1. The average Bonchev–Trinajstić information content (AvgIpc) is 3.75. The Bertz CT molecular complexity index is 1960. The zero-order chi connectivity index (χ0) is 31.1. The number of amides is 2. The van der Waals surface area contributed by atoms with Crippen molar-refractivity contribution in [2.45, 2.75) is 29.2 Å². The van der Waals surface area contributed by atoms with Gasteiger partial charge in [0.05, 0.1) is 27.5 Å². The van der Waals surface area contributed by atoms with Crippen molar-refractivity contribution >= 4 is 57.9 Å². The average molecular weight is 664 g/mol. The van der Waals surface area contributed by atoms with Crippen LogP contribution < -0.4 is 14.5 Å². The van der Waals surface area contributed by atoms with Crippen LogP contribution in [-0.4, -0.2) is 27.0 Å². The summed E-state index contributed by atoms with van der Waals surface area (Å²) in [6, 6.07) is 17.0. The van der Waals surface area contributed by atoms with Crippen LogP contribution >= 0.6 is 34.7 Å². The van der Waals surface area contributed by atoms with Gasteiger partial charge in [0.25, 0.3) is 5.69 Å². The first-order valence-electron chi connectivity index (χ1n) is 14.4. The van der Waals surface area contributed by atoms with Crippen LogP contribution in [0.2, 0.25) is 5.02 Å². The second-order valence-corrected chi connectivity index (χ2v) is 14.5. The van der Waals surface area contributed by atoms with Crippen molar-refractivity contribution < 1.29 is 23.6 Å². The van der Waals surface area contributed by atoms with Crippen LogP contribution in [0.15, 0.2) is 76.6 Å². The van der Waals surface area contributed by atoms with Crippen molar-refractivity contribution in [3.8, 4) is 5.75 Å². The third-order valence-electron chi connectivity index (χ3n) is 9.63. The molecule has 9 nitrogen and oxygen atoms in total. The lowest BCUT2D eigenvalue weighted by Gasteiger charge is -2.43. The van der Waals surface area contributed by atoms with Crippen molar-refractivity contribution in [3.05, 3.63) is 113 Å². The number of anilines is 1. The quantitative estimate of drug-likeness (QED) is 0.144. The zero-order valence-corrected chi connectivity index (χ0v) is 25.6. The fraction of sp³-hybridized carbons (Fsp3) is 0.281. The van der Waals surface area contributed by atoms with E-state index in [1.807, 2.05) is 12.1 Å². The van der Waals surface area contributed by atoms with E-state index in [0.717, 1.165) is 21.8 Å². The number of imide groups is 1. The van der Waals surface area contributed by atoms with Gasteiger partial charge in [-0.2, -0.15) is 0 Å². The maximum atomic E-state index is 14.0. The van der Waals surface area contributed by atoms with Gasteiger partial charge in [-0.15, -0.1) is 11.8 Å². The van der Waals surface area contributed by atoms with Gasteiger partial charge < -0.3 is 9.72 Å². The molecule has 2 amide bonds. The zero-order valence-electron chi connectivity index (χ0n) is 23.2. The molecule has 7 atom stereocenters. The van der Waals surface area contributed by atoms with E-state index >= 15 is 0 Å². The number of nitrogens with one attached hydrogen (secondary N) is 1. The number of nitro benzene ring substituents is 1. The summed E-state index contributed by atoms with van der Waals surface area (Å²) >= 11 is 8.76. The first-order valence-corrected chi connectivity index (χ1v) is 16.5. The van der Waals surface area contributed by atoms with Crippen molar-refractivity contribution in [1.82, 2.24) is 4.98 Å². The number of ether oxygens (including phenoxy) is 1. The first kappa shape index (κ1) is 28.5. The van der Waals surface area contributed by atoms with Crippen molar-refractivity contribution in [1.29, 1.82) is 0 Å². The van der Waals surface area contributed by atoms with E-state index in [1.165, 1.54) is 53.1 Å². The second kappa shape index (κ2) is 10.5. The van der Waals surface area contributed by atoms with Crippen LogP contribution in [-0.2, 0) is 16.2 Å². The van der Waals surface area contributed by atoms with E-state index in [9.17, 15) is 28.9 Å². The molecule has 0 spiro atoms. The van der Waals surface area contributed by atoms with E-state index in [2.05, 4.69) is 4.98 Å². The molecule has 3 fully saturated rings. The molecule has 2 aliphatic carbocycles. The molecule has 45 heavy (non-hydrogen) atoms. The van der Waals surface area contributed by atoms with Gasteiger partial charge in [0, 0.05) is 38.8 Å². The van der Waals surface area contributed by atoms with Crippen LogP contribution in [0, 0.1) is 45.5 Å². The Morgan fingerprint density at radius 2 is 1.78 bits per heavy atom. The van der Waals surface area contributed by atoms with Gasteiger partial charge in [0.1, 0.15) is 18.2 Å². The summed E-state index contributed by atoms with van der Waals surface area (Å²) in [6.07, 6.45) is 0.649. The maximum Gasteiger partial charge on any atom is 0.305 e. The minimum atomic E-state index is -0.580. The SMILES string of the molecule is O=C1C2C(C(=O)N1c1ccc(F)cc1)[C@@H]1C[C@H]2C2Sc3[nH]c(=O)sc3C(c3cc([N+](=O)[O-])ccc3OCc3cccc(Cl)c3)C21. The number of nitrogens with zero attached hydrogens (tertiary/aromatic N) is 2. The third-order valence-corrected chi connectivity index (χ3v) is 12.5. The van der Waals surface area contributed by atoms with Crippen LogP contribution in [0.1, 0.15) is 28.3 Å². The highest BCUT2D eigenvalue weighted by Crippen LogP contribution is 2.69. The number of hydrogen-bond acceptors (Lipinski definition) is 8. The number of thioether (sulfide) groups is 1. The smallest absolute Gasteiger partial charge is 0.305 e. The molecule has 1 saturated heterocycles. The number of thiazole rings is 1. The number of hydrogen-bond donors (Lipinski definition) is 1. The molecule has 2 aliphatic heterocycles. The molecule has 8 rings (SSSR count). The molecule has 4 aliphatic rings. The highest BCUT2D eigenvalue weighted by Gasteiger charge is 2.70. The third kappa shape index (κ3) is 4.44. The normalized spacial score (nSPS) is 27.8. The van der Waals surface area contributed by atoms with Crippen LogP contribution in [0.3, 0.4) is 0 Å². The summed E-state index contributed by atoms with van der Waals surface area (Å²) in [5.74, 6) is -2.77. The number of H-pyrrole nitrogens is 1. The Morgan fingerprint density at radius 1 is 1.02 bits per heavy atom. The molecule has 1 aromatic heterocycles. The summed E-state index contributed by atoms with van der Waals surface area (Å²) < 4.78 is 20.0. The molecule has 13 heteroatoms. The lowest BCUT2D eigenvalue weighted by Crippen LogP contribution is -2.42. The summed E-state index contributed by atoms with van der Waals surface area (Å²) in [5, 5.41) is 13.1. The number of carbonyl (C=O) groups excluding carboxylic acids is 2. The lowest BCUT2D eigenvalue weighted by atomic mass is 9.68. The van der Waals surface area contributed by atoms with Crippen LogP contribution in [0.25, 0.3) is 0 Å². The topological polar surface area (TPSA) is 123 Å². The molecule has 1 N–H and O–H groups in total. The van der Waals surface area contributed by atoms with Crippen molar-refractivity contribution in [2.24, 2.45) is 29.6 Å². The molecule has 4 aromatic rings. The number of halogens is 2. The molecule has 3 heterocycles. The molecule has 2 saturated carbocycles. The predicted octanol–water partition coefficient (Wildman–Crippen LogP) is 6.39. The standard InChI is InChI=1S/C32H23ClFN3O6S2/c33-15-3-1-2-14(10-15)13-43-22-9-8-18(37(41)42)11-19(22)23-24-20-12-21(27(24)44-29-28(23)45-32(40)35-29)26-25(20)30(38)36(31(26)39)17-6-4-16(34)5-7-17/h1-11,20-21,23-27H,12-13H2,(H,35,40)/t20-,21-,23?,24?,25?,26?,27?/m1/s1. The monoisotopic (exact) mass is 663 g/mol. The Morgan fingerprint density at radius 3 is 2.51 bits per heavy atom. The van der Waals surface area contributed by atoms with Crippen LogP contribution in [0.5, 0.6) is 5.75 Å². The highest BCUT2D eigenvalue weighted by molar-refractivity contribution is 8.00. The Kier molecular flexibility index (Phi) is 6.66. The number of non-ortho nitro benzene ring substituents is 1. The molecular weight excluding hydrogens is 641 g/mol. The number of carbonyl (C=O) groups is 2. The number of benzene rings is 3. The summed E-state index contributed by atoms with van der Waals surface area (Å²) in [5.41, 5.74) is 1.60. The maximum absolute atomic E-state index is 14.0. The summed E-state index contributed by atoms with van der Waals surface area (Å²) in [6.45, 7) is 0.160. The number of fused-ring (bicyclic) bond motifs is 9. The van der Waals surface area contributed by atoms with E-state index in [1.54, 1.807) is 18.2 Å².